The topological polar surface area (TPSA) is 44.1 Å². The number of hydrogen-bond acceptors (Lipinski definition) is 3. The first-order valence-corrected chi connectivity index (χ1v) is 8.59. The third kappa shape index (κ3) is 4.93. The maximum atomic E-state index is 12.1. The summed E-state index contributed by atoms with van der Waals surface area (Å²) in [6.45, 7) is 9.43. The highest BCUT2D eigenvalue weighted by Gasteiger charge is 2.16. The van der Waals surface area contributed by atoms with E-state index in [0.717, 1.165) is 33.5 Å². The number of aromatic nitrogens is 2. The Morgan fingerprint density at radius 2 is 1.91 bits per heavy atom. The minimum absolute atomic E-state index is 0.219. The molecule has 1 heterocycles. The van der Waals surface area contributed by atoms with Gasteiger partial charge >= 0.3 is 5.97 Å². The number of ether oxygens (including phenoxy) is 1. The van der Waals surface area contributed by atoms with E-state index in [4.69, 9.17) is 4.74 Å². The van der Waals surface area contributed by atoms with Crippen molar-refractivity contribution in [2.75, 3.05) is 0 Å². The first-order chi connectivity index (χ1) is 10.9. The predicted octanol–water partition coefficient (Wildman–Crippen LogP) is 4.20. The number of esters is 1. The molecule has 4 nitrogen and oxygen atoms in total. The lowest BCUT2D eigenvalue weighted by molar-refractivity contribution is -0.144. The van der Waals surface area contributed by atoms with E-state index in [0.29, 0.717) is 12.5 Å². The predicted molar refractivity (Wildman–Crippen MR) is 94.2 cm³/mol. The van der Waals surface area contributed by atoms with Crippen LogP contribution in [0.4, 0.5) is 0 Å². The Kier molecular flexibility index (Phi) is 5.99. The minimum Gasteiger partial charge on any atom is -0.461 e. The molecule has 0 spiro atoms. The maximum absolute atomic E-state index is 12.1. The molecule has 0 radical (unpaired) electrons. The van der Waals surface area contributed by atoms with Crippen molar-refractivity contribution < 1.29 is 9.53 Å². The van der Waals surface area contributed by atoms with Gasteiger partial charge in [-0.25, -0.2) is 0 Å². The van der Waals surface area contributed by atoms with Crippen molar-refractivity contribution in [1.29, 1.82) is 0 Å². The molecule has 2 aromatic rings. The van der Waals surface area contributed by atoms with Crippen molar-refractivity contribution in [3.05, 3.63) is 51.3 Å². The van der Waals surface area contributed by atoms with Crippen molar-refractivity contribution in [1.82, 2.24) is 9.78 Å². The number of rotatable bonds is 6. The third-order valence-corrected chi connectivity index (χ3v) is 4.23. The molecule has 0 aliphatic carbocycles. The highest BCUT2D eigenvalue weighted by atomic mass is 79.9. The van der Waals surface area contributed by atoms with Gasteiger partial charge in [-0.2, -0.15) is 5.10 Å². The molecule has 0 fully saturated rings. The number of benzene rings is 1. The van der Waals surface area contributed by atoms with Gasteiger partial charge in [0.1, 0.15) is 6.61 Å². The van der Waals surface area contributed by atoms with Crippen LogP contribution in [0.25, 0.3) is 0 Å². The van der Waals surface area contributed by atoms with Crippen molar-refractivity contribution in [2.45, 2.75) is 47.3 Å². The molecule has 1 aromatic carbocycles. The van der Waals surface area contributed by atoms with Gasteiger partial charge in [0.25, 0.3) is 0 Å². The zero-order valence-corrected chi connectivity index (χ0v) is 15.7. The van der Waals surface area contributed by atoms with Gasteiger partial charge in [-0.3, -0.25) is 9.48 Å². The van der Waals surface area contributed by atoms with Crippen LogP contribution >= 0.6 is 15.9 Å². The number of aryl methyl sites for hydroxylation is 1. The second-order valence-corrected chi connectivity index (χ2v) is 7.10. The molecule has 0 saturated heterocycles. The molecule has 0 amide bonds. The van der Waals surface area contributed by atoms with E-state index in [2.05, 4.69) is 34.9 Å². The minimum atomic E-state index is -0.219. The van der Waals surface area contributed by atoms with E-state index in [-0.39, 0.29) is 12.4 Å². The fourth-order valence-electron chi connectivity index (χ4n) is 2.45. The van der Waals surface area contributed by atoms with Crippen LogP contribution in [0.3, 0.4) is 0 Å². The van der Waals surface area contributed by atoms with Crippen molar-refractivity contribution in [3.8, 4) is 0 Å². The van der Waals surface area contributed by atoms with Gasteiger partial charge in [-0.1, -0.05) is 41.9 Å². The van der Waals surface area contributed by atoms with E-state index in [9.17, 15) is 4.79 Å². The summed E-state index contributed by atoms with van der Waals surface area (Å²) in [7, 11) is 0. The van der Waals surface area contributed by atoms with E-state index in [1.165, 1.54) is 0 Å². The summed E-state index contributed by atoms with van der Waals surface area (Å²) in [4.78, 5) is 12.1. The quantitative estimate of drug-likeness (QED) is 0.707. The molecule has 124 valence electrons. The summed E-state index contributed by atoms with van der Waals surface area (Å²) in [6, 6.07) is 7.75. The van der Waals surface area contributed by atoms with Crippen molar-refractivity contribution >= 4 is 21.9 Å². The molecule has 0 atom stereocenters. The molecule has 0 aliphatic heterocycles. The van der Waals surface area contributed by atoms with E-state index in [1.807, 2.05) is 42.8 Å². The largest absolute Gasteiger partial charge is 0.461 e. The SMILES string of the molecule is Cc1nn(CC(C)C)c(C)c1CC(=O)OCc1ccc(Br)cc1. The third-order valence-electron chi connectivity index (χ3n) is 3.70. The smallest absolute Gasteiger partial charge is 0.310 e. The molecule has 1 aromatic heterocycles. The number of carbonyl (C=O) groups excluding carboxylic acids is 1. The number of halogens is 1. The van der Waals surface area contributed by atoms with Crippen LogP contribution in [0.2, 0.25) is 0 Å². The standard InChI is InChI=1S/C18H23BrN2O2/c1-12(2)10-21-14(4)17(13(3)20-21)9-18(22)23-11-15-5-7-16(19)8-6-15/h5-8,12H,9-11H2,1-4H3. The molecule has 0 unspecified atom stereocenters. The number of hydrogen-bond donors (Lipinski definition) is 0. The Bertz CT molecular complexity index is 675. The van der Waals surface area contributed by atoms with E-state index < -0.39 is 0 Å². The second kappa shape index (κ2) is 7.77. The van der Waals surface area contributed by atoms with Crippen LogP contribution in [0.5, 0.6) is 0 Å². The Morgan fingerprint density at radius 1 is 1.26 bits per heavy atom. The first kappa shape index (κ1) is 17.7. The Hall–Kier alpha value is -1.62. The fraction of sp³-hybridized carbons (Fsp3) is 0.444. The molecule has 0 saturated carbocycles. The van der Waals surface area contributed by atoms with Crippen molar-refractivity contribution in [3.63, 3.8) is 0 Å². The highest BCUT2D eigenvalue weighted by Crippen LogP contribution is 2.16. The summed E-state index contributed by atoms with van der Waals surface area (Å²) >= 11 is 3.39. The van der Waals surface area contributed by atoms with Crippen LogP contribution in [-0.2, 0) is 29.1 Å². The molecule has 0 N–H and O–H groups in total. The maximum Gasteiger partial charge on any atom is 0.310 e. The normalized spacial score (nSPS) is 11.0. The Balaban J connectivity index is 1.97. The molecule has 5 heteroatoms. The summed E-state index contributed by atoms with van der Waals surface area (Å²) < 4.78 is 8.37. The van der Waals surface area contributed by atoms with Gasteiger partial charge in [-0.05, 0) is 37.5 Å². The summed E-state index contributed by atoms with van der Waals surface area (Å²) in [5.41, 5.74) is 3.91. The molecular formula is C18H23BrN2O2. The summed E-state index contributed by atoms with van der Waals surface area (Å²) in [6.07, 6.45) is 0.270. The zero-order chi connectivity index (χ0) is 17.0. The first-order valence-electron chi connectivity index (χ1n) is 7.79. The van der Waals surface area contributed by atoms with Crippen LogP contribution in [-0.4, -0.2) is 15.7 Å². The van der Waals surface area contributed by atoms with E-state index in [1.54, 1.807) is 0 Å². The lowest BCUT2D eigenvalue weighted by atomic mass is 10.1. The van der Waals surface area contributed by atoms with Gasteiger partial charge in [-0.15, -0.1) is 0 Å². The fourth-order valence-corrected chi connectivity index (χ4v) is 2.72. The molecule has 23 heavy (non-hydrogen) atoms. The summed E-state index contributed by atoms with van der Waals surface area (Å²) in [5.74, 6) is 0.299. The molecule has 0 bridgehead atoms. The van der Waals surface area contributed by atoms with Crippen LogP contribution in [0.1, 0.15) is 36.4 Å². The number of carbonyl (C=O) groups is 1. The average Bonchev–Trinajstić information content (AvgIpc) is 2.73. The molecular weight excluding hydrogens is 356 g/mol. The van der Waals surface area contributed by atoms with Crippen LogP contribution in [0, 0.1) is 19.8 Å². The monoisotopic (exact) mass is 378 g/mol. The number of nitrogens with zero attached hydrogens (tertiary/aromatic N) is 2. The Morgan fingerprint density at radius 3 is 2.52 bits per heavy atom. The van der Waals surface area contributed by atoms with E-state index >= 15 is 0 Å². The zero-order valence-electron chi connectivity index (χ0n) is 14.1. The molecule has 0 aliphatic rings. The van der Waals surface area contributed by atoms with Gasteiger partial charge in [0.15, 0.2) is 0 Å². The second-order valence-electron chi connectivity index (χ2n) is 6.19. The van der Waals surface area contributed by atoms with Crippen molar-refractivity contribution in [2.24, 2.45) is 5.92 Å². The van der Waals surface area contributed by atoms with Gasteiger partial charge in [0.2, 0.25) is 0 Å². The Labute approximate surface area is 146 Å². The van der Waals surface area contributed by atoms with Gasteiger partial charge < -0.3 is 4.74 Å². The van der Waals surface area contributed by atoms with Crippen LogP contribution in [0.15, 0.2) is 28.7 Å². The lowest BCUT2D eigenvalue weighted by Gasteiger charge is -2.08. The summed E-state index contributed by atoms with van der Waals surface area (Å²) in [5, 5.41) is 4.54. The lowest BCUT2D eigenvalue weighted by Crippen LogP contribution is -2.11. The van der Waals surface area contributed by atoms with Gasteiger partial charge in [0, 0.05) is 22.3 Å². The van der Waals surface area contributed by atoms with Gasteiger partial charge in [0.05, 0.1) is 12.1 Å². The molecule has 2 rings (SSSR count). The average molecular weight is 379 g/mol. The van der Waals surface area contributed by atoms with Crippen LogP contribution < -0.4 is 0 Å². The highest BCUT2D eigenvalue weighted by molar-refractivity contribution is 9.10.